The molecule has 2 aromatic carbocycles. The molecule has 0 bridgehead atoms. The quantitative estimate of drug-likeness (QED) is 0.209. The van der Waals surface area contributed by atoms with Crippen molar-refractivity contribution in [2.24, 2.45) is 4.99 Å². The largest absolute Gasteiger partial charge is 0.466 e. The molecule has 0 spiro atoms. The Labute approximate surface area is 220 Å². The van der Waals surface area contributed by atoms with E-state index in [4.69, 9.17) is 9.15 Å². The average Bonchev–Trinajstić information content (AvgIpc) is 3.51. The Balaban J connectivity index is 1.65. The summed E-state index contributed by atoms with van der Waals surface area (Å²) in [6.45, 7) is 3.68. The average molecular weight is 530 g/mol. The summed E-state index contributed by atoms with van der Waals surface area (Å²) in [5.41, 5.74) is 2.36. The number of benzene rings is 2. The Morgan fingerprint density at radius 2 is 1.97 bits per heavy atom. The number of furan rings is 1. The van der Waals surface area contributed by atoms with E-state index in [1.54, 1.807) is 37.3 Å². The van der Waals surface area contributed by atoms with Crippen LogP contribution in [-0.2, 0) is 9.53 Å². The molecule has 0 radical (unpaired) electrons. The molecule has 3 heterocycles. The standard InChI is InChI=1S/C28H23N3O6S/c1-4-20-24(27(33)36-3)25(17-8-6-5-7-9-17)30-26(32)23(38-28(30)29-20)15-18-11-13-22(37-18)19-12-10-16(2)14-21(19)31(34)35/h5-15,25H,4H2,1-3H3/b23-15+/t25-/m1/s1. The number of hydrogen-bond acceptors (Lipinski definition) is 8. The third-order valence-electron chi connectivity index (χ3n) is 6.28. The Kier molecular flexibility index (Phi) is 6.64. The first kappa shape index (κ1) is 25.1. The van der Waals surface area contributed by atoms with Gasteiger partial charge in [-0.15, -0.1) is 0 Å². The summed E-state index contributed by atoms with van der Waals surface area (Å²) >= 11 is 1.18. The number of nitro groups is 1. The lowest BCUT2D eigenvalue weighted by atomic mass is 9.95. The molecule has 38 heavy (non-hydrogen) atoms. The second-order valence-electron chi connectivity index (χ2n) is 8.68. The Hall–Kier alpha value is -4.57. The van der Waals surface area contributed by atoms with Crippen LogP contribution in [0.5, 0.6) is 0 Å². The van der Waals surface area contributed by atoms with Crippen LogP contribution in [0.4, 0.5) is 5.69 Å². The minimum absolute atomic E-state index is 0.0597. The van der Waals surface area contributed by atoms with E-state index in [0.29, 0.717) is 44.1 Å². The third kappa shape index (κ3) is 4.39. The summed E-state index contributed by atoms with van der Waals surface area (Å²) in [6.07, 6.45) is 2.07. The van der Waals surface area contributed by atoms with Gasteiger partial charge in [-0.3, -0.25) is 19.5 Å². The molecule has 10 heteroatoms. The lowest BCUT2D eigenvalue weighted by Crippen LogP contribution is -2.40. The van der Waals surface area contributed by atoms with Crippen molar-refractivity contribution in [2.75, 3.05) is 7.11 Å². The normalized spacial score (nSPS) is 15.2. The number of fused-ring (bicyclic) bond motifs is 1. The third-order valence-corrected chi connectivity index (χ3v) is 7.26. The van der Waals surface area contributed by atoms with Gasteiger partial charge in [0.15, 0.2) is 4.80 Å². The highest BCUT2D eigenvalue weighted by Gasteiger charge is 2.33. The van der Waals surface area contributed by atoms with E-state index in [1.807, 2.05) is 37.3 Å². The number of methoxy groups -OCH3 is 1. The van der Waals surface area contributed by atoms with E-state index in [-0.39, 0.29) is 11.2 Å². The molecule has 0 saturated heterocycles. The van der Waals surface area contributed by atoms with Crippen molar-refractivity contribution in [2.45, 2.75) is 26.3 Å². The van der Waals surface area contributed by atoms with Crippen LogP contribution in [0.2, 0.25) is 0 Å². The minimum atomic E-state index is -0.695. The van der Waals surface area contributed by atoms with Crippen molar-refractivity contribution in [3.05, 3.63) is 119 Å². The van der Waals surface area contributed by atoms with Crippen molar-refractivity contribution in [3.8, 4) is 11.3 Å². The first-order chi connectivity index (χ1) is 18.3. The number of esters is 1. The number of aromatic nitrogens is 1. The molecule has 5 rings (SSSR count). The number of ether oxygens (including phenoxy) is 1. The Bertz CT molecular complexity index is 1780. The molecule has 0 fully saturated rings. The number of hydrogen-bond donors (Lipinski definition) is 0. The zero-order valence-corrected chi connectivity index (χ0v) is 21.7. The Morgan fingerprint density at radius 1 is 1.21 bits per heavy atom. The molecule has 0 amide bonds. The van der Waals surface area contributed by atoms with Crippen molar-refractivity contribution in [1.29, 1.82) is 0 Å². The zero-order valence-electron chi connectivity index (χ0n) is 20.8. The van der Waals surface area contributed by atoms with Gasteiger partial charge < -0.3 is 9.15 Å². The van der Waals surface area contributed by atoms with Crippen LogP contribution in [0.25, 0.3) is 17.4 Å². The van der Waals surface area contributed by atoms with Crippen molar-refractivity contribution in [1.82, 2.24) is 4.57 Å². The fourth-order valence-corrected chi connectivity index (χ4v) is 5.52. The SMILES string of the molecule is CCC1=C(C(=O)OC)[C@@H](c2ccccc2)n2c(s/c(=C/c3ccc(-c4ccc(C)cc4[N+](=O)[O-])o3)c2=O)=N1. The van der Waals surface area contributed by atoms with E-state index in [0.717, 1.165) is 11.1 Å². The van der Waals surface area contributed by atoms with E-state index < -0.39 is 16.9 Å². The summed E-state index contributed by atoms with van der Waals surface area (Å²) in [5.74, 6) is 0.141. The Morgan fingerprint density at radius 3 is 2.66 bits per heavy atom. The molecule has 0 saturated carbocycles. The van der Waals surface area contributed by atoms with Gasteiger partial charge in [0.05, 0.1) is 39.4 Å². The highest BCUT2D eigenvalue weighted by Crippen LogP contribution is 2.33. The predicted molar refractivity (Wildman–Crippen MR) is 142 cm³/mol. The predicted octanol–water partition coefficient (Wildman–Crippen LogP) is 4.27. The highest BCUT2D eigenvalue weighted by molar-refractivity contribution is 7.07. The number of aryl methyl sites for hydroxylation is 1. The van der Waals surface area contributed by atoms with Gasteiger partial charge >= 0.3 is 5.97 Å². The lowest BCUT2D eigenvalue weighted by Gasteiger charge is -2.25. The van der Waals surface area contributed by atoms with Crippen LogP contribution in [-0.4, -0.2) is 22.6 Å². The van der Waals surface area contributed by atoms with Crippen LogP contribution in [0.1, 0.15) is 36.3 Å². The maximum absolute atomic E-state index is 13.7. The molecule has 0 aliphatic carbocycles. The fourth-order valence-electron chi connectivity index (χ4n) is 4.52. The smallest absolute Gasteiger partial charge is 0.338 e. The number of carbonyl (C=O) groups is 1. The number of nitrogens with zero attached hydrogens (tertiary/aromatic N) is 3. The van der Waals surface area contributed by atoms with Crippen LogP contribution >= 0.6 is 11.3 Å². The van der Waals surface area contributed by atoms with Crippen molar-refractivity contribution < 1.29 is 18.9 Å². The first-order valence-corrected chi connectivity index (χ1v) is 12.7. The van der Waals surface area contributed by atoms with E-state index in [1.165, 1.54) is 29.1 Å². The minimum Gasteiger partial charge on any atom is -0.466 e. The molecule has 0 unspecified atom stereocenters. The van der Waals surface area contributed by atoms with E-state index >= 15 is 0 Å². The van der Waals surface area contributed by atoms with Crippen LogP contribution < -0.4 is 14.9 Å². The summed E-state index contributed by atoms with van der Waals surface area (Å²) in [4.78, 5) is 42.8. The molecule has 9 nitrogen and oxygen atoms in total. The summed E-state index contributed by atoms with van der Waals surface area (Å²) in [7, 11) is 1.31. The van der Waals surface area contributed by atoms with Gasteiger partial charge in [-0.1, -0.05) is 54.7 Å². The van der Waals surface area contributed by atoms with Gasteiger partial charge in [-0.25, -0.2) is 9.79 Å². The molecule has 192 valence electrons. The second-order valence-corrected chi connectivity index (χ2v) is 9.69. The van der Waals surface area contributed by atoms with Crippen LogP contribution in [0, 0.1) is 17.0 Å². The zero-order chi connectivity index (χ0) is 27.0. The number of rotatable bonds is 6. The number of nitro benzene ring substituents is 1. The molecule has 1 atom stereocenters. The topological polar surface area (TPSA) is 117 Å². The fraction of sp³-hybridized carbons (Fsp3) is 0.179. The molecular weight excluding hydrogens is 506 g/mol. The summed E-state index contributed by atoms with van der Waals surface area (Å²) in [6, 6.07) is 16.8. The first-order valence-electron chi connectivity index (χ1n) is 11.9. The number of allylic oxidation sites excluding steroid dienone is 1. The molecular formula is C28H23N3O6S. The summed E-state index contributed by atoms with van der Waals surface area (Å²) < 4.78 is 12.8. The summed E-state index contributed by atoms with van der Waals surface area (Å²) in [5, 5.41) is 11.6. The second kappa shape index (κ2) is 10.1. The van der Waals surface area contributed by atoms with Crippen LogP contribution in [0.3, 0.4) is 0 Å². The van der Waals surface area contributed by atoms with Gasteiger partial charge in [-0.05, 0) is 42.7 Å². The molecule has 1 aliphatic heterocycles. The maximum Gasteiger partial charge on any atom is 0.338 e. The van der Waals surface area contributed by atoms with Crippen molar-refractivity contribution >= 4 is 29.1 Å². The van der Waals surface area contributed by atoms with Crippen molar-refractivity contribution in [3.63, 3.8) is 0 Å². The van der Waals surface area contributed by atoms with Gasteiger partial charge in [0, 0.05) is 12.1 Å². The number of carbonyl (C=O) groups excluding carboxylic acids is 1. The molecule has 2 aromatic heterocycles. The van der Waals surface area contributed by atoms with Gasteiger partial charge in [0.1, 0.15) is 11.5 Å². The monoisotopic (exact) mass is 529 g/mol. The maximum atomic E-state index is 13.7. The molecule has 4 aromatic rings. The van der Waals surface area contributed by atoms with E-state index in [9.17, 15) is 19.7 Å². The van der Waals surface area contributed by atoms with Gasteiger partial charge in [0.2, 0.25) is 0 Å². The van der Waals surface area contributed by atoms with Gasteiger partial charge in [-0.2, -0.15) is 0 Å². The van der Waals surface area contributed by atoms with Crippen LogP contribution in [0.15, 0.2) is 86.1 Å². The number of thiazole rings is 1. The van der Waals surface area contributed by atoms with E-state index in [2.05, 4.69) is 4.99 Å². The van der Waals surface area contributed by atoms with Gasteiger partial charge in [0.25, 0.3) is 11.2 Å². The highest BCUT2D eigenvalue weighted by atomic mass is 32.1. The molecule has 0 N–H and O–H groups in total. The lowest BCUT2D eigenvalue weighted by molar-refractivity contribution is -0.384. The molecule has 1 aliphatic rings.